The summed E-state index contributed by atoms with van der Waals surface area (Å²) in [4.78, 5) is 0. The number of hydrogen-bond donors (Lipinski definition) is 2. The molecule has 2 aliphatic rings. The summed E-state index contributed by atoms with van der Waals surface area (Å²) in [5.74, 6) is 0.697. The van der Waals surface area contributed by atoms with Gasteiger partial charge in [0.2, 0.25) is 0 Å². The third-order valence-corrected chi connectivity index (χ3v) is 5.06. The molecule has 0 bridgehead atoms. The summed E-state index contributed by atoms with van der Waals surface area (Å²) in [5.41, 5.74) is 2.29. The highest BCUT2D eigenvalue weighted by molar-refractivity contribution is 5.28. The molecule has 17 heavy (non-hydrogen) atoms. The summed E-state index contributed by atoms with van der Waals surface area (Å²) in [5, 5.41) is 20.2. The van der Waals surface area contributed by atoms with E-state index in [4.69, 9.17) is 0 Å². The molecule has 0 radical (unpaired) electrons. The van der Waals surface area contributed by atoms with Crippen LogP contribution in [0.5, 0.6) is 0 Å². The molecule has 2 nitrogen and oxygen atoms in total. The van der Waals surface area contributed by atoms with E-state index >= 15 is 0 Å². The van der Waals surface area contributed by atoms with Crippen LogP contribution in [-0.4, -0.2) is 22.4 Å². The Morgan fingerprint density at radius 1 is 1.47 bits per heavy atom. The number of aliphatic hydroxyl groups is 2. The number of aliphatic hydroxyl groups excluding tert-OH is 2. The number of fused-ring (bicyclic) bond motifs is 1. The van der Waals surface area contributed by atoms with E-state index in [1.807, 2.05) is 0 Å². The van der Waals surface area contributed by atoms with Gasteiger partial charge in [-0.25, -0.2) is 0 Å². The van der Waals surface area contributed by atoms with Crippen molar-refractivity contribution in [2.75, 3.05) is 0 Å². The maximum absolute atomic E-state index is 10.1. The Labute approximate surface area is 104 Å². The Kier molecular flexibility index (Phi) is 3.21. The average Bonchev–Trinajstić information content (AvgIpc) is 2.25. The molecular weight excluding hydrogens is 212 g/mol. The Morgan fingerprint density at radius 2 is 2.12 bits per heavy atom. The topological polar surface area (TPSA) is 40.5 Å². The van der Waals surface area contributed by atoms with E-state index in [1.54, 1.807) is 0 Å². The van der Waals surface area contributed by atoms with Crippen LogP contribution in [0.25, 0.3) is 0 Å². The van der Waals surface area contributed by atoms with Crippen LogP contribution in [0.4, 0.5) is 0 Å². The standard InChI is InChI=1S/C15H24O2/c1-9(2)11-5-6-12-14(17)7-13(16)10(3)15(12,4)8-11/h6,10-11,13-14,16-17H,1,5,7-8H2,2-4H3/t10-,11+,13+,14+,15+/m0/s1. The molecule has 5 atom stereocenters. The summed E-state index contributed by atoms with van der Waals surface area (Å²) in [6, 6.07) is 0. The van der Waals surface area contributed by atoms with Crippen molar-refractivity contribution in [3.8, 4) is 0 Å². The lowest BCUT2D eigenvalue weighted by molar-refractivity contribution is -0.0349. The molecule has 0 heterocycles. The van der Waals surface area contributed by atoms with Gasteiger partial charge in [-0.05, 0) is 42.6 Å². The van der Waals surface area contributed by atoms with Crippen molar-refractivity contribution in [2.24, 2.45) is 17.3 Å². The minimum absolute atomic E-state index is 0.0705. The second kappa shape index (κ2) is 4.25. The van der Waals surface area contributed by atoms with Gasteiger partial charge in [-0.15, -0.1) is 0 Å². The summed E-state index contributed by atoms with van der Waals surface area (Å²) in [7, 11) is 0. The second-order valence-corrected chi connectivity index (χ2v) is 6.17. The maximum atomic E-state index is 10.1. The average molecular weight is 236 g/mol. The van der Waals surface area contributed by atoms with Gasteiger partial charge < -0.3 is 10.2 Å². The third kappa shape index (κ3) is 1.98. The number of rotatable bonds is 1. The van der Waals surface area contributed by atoms with Gasteiger partial charge in [0.15, 0.2) is 0 Å². The van der Waals surface area contributed by atoms with Crippen molar-refractivity contribution in [3.05, 3.63) is 23.8 Å². The highest BCUT2D eigenvalue weighted by Gasteiger charge is 2.48. The lowest BCUT2D eigenvalue weighted by Gasteiger charge is -2.50. The van der Waals surface area contributed by atoms with Crippen molar-refractivity contribution in [1.29, 1.82) is 0 Å². The molecule has 2 N–H and O–H groups in total. The number of allylic oxidation sites excluding steroid dienone is 2. The van der Waals surface area contributed by atoms with Gasteiger partial charge in [-0.2, -0.15) is 0 Å². The van der Waals surface area contributed by atoms with Crippen molar-refractivity contribution in [2.45, 2.75) is 52.2 Å². The molecule has 2 rings (SSSR count). The fraction of sp³-hybridized carbons (Fsp3) is 0.733. The minimum atomic E-state index is -0.461. The van der Waals surface area contributed by atoms with Crippen LogP contribution in [-0.2, 0) is 0 Å². The van der Waals surface area contributed by atoms with Crippen molar-refractivity contribution < 1.29 is 10.2 Å². The highest BCUT2D eigenvalue weighted by Crippen LogP contribution is 2.52. The summed E-state index contributed by atoms with van der Waals surface area (Å²) in [6.45, 7) is 10.4. The lowest BCUT2D eigenvalue weighted by atomic mass is 9.56. The first kappa shape index (κ1) is 12.8. The molecule has 0 aromatic heterocycles. The van der Waals surface area contributed by atoms with E-state index in [9.17, 15) is 10.2 Å². The van der Waals surface area contributed by atoms with E-state index in [2.05, 4.69) is 33.4 Å². The first-order valence-corrected chi connectivity index (χ1v) is 6.58. The molecule has 0 aliphatic heterocycles. The minimum Gasteiger partial charge on any atom is -0.393 e. The molecular formula is C15H24O2. The molecule has 0 saturated heterocycles. The van der Waals surface area contributed by atoms with Crippen LogP contribution in [0, 0.1) is 17.3 Å². The fourth-order valence-corrected chi connectivity index (χ4v) is 3.54. The molecule has 0 unspecified atom stereocenters. The van der Waals surface area contributed by atoms with Crippen LogP contribution in [0.15, 0.2) is 23.8 Å². The number of hydrogen-bond acceptors (Lipinski definition) is 2. The largest absolute Gasteiger partial charge is 0.393 e. The summed E-state index contributed by atoms with van der Waals surface area (Å²) in [6.07, 6.45) is 3.81. The molecule has 0 amide bonds. The van der Waals surface area contributed by atoms with E-state index in [1.165, 1.54) is 5.57 Å². The van der Waals surface area contributed by atoms with Crippen molar-refractivity contribution in [3.63, 3.8) is 0 Å². The maximum Gasteiger partial charge on any atom is 0.0780 e. The lowest BCUT2D eigenvalue weighted by Crippen LogP contribution is -2.48. The quantitative estimate of drug-likeness (QED) is 0.687. The van der Waals surface area contributed by atoms with Crippen LogP contribution < -0.4 is 0 Å². The van der Waals surface area contributed by atoms with Crippen LogP contribution in [0.3, 0.4) is 0 Å². The van der Waals surface area contributed by atoms with Gasteiger partial charge in [-0.3, -0.25) is 0 Å². The zero-order chi connectivity index (χ0) is 12.8. The van der Waals surface area contributed by atoms with Gasteiger partial charge in [0, 0.05) is 6.42 Å². The Bertz CT molecular complexity index is 358. The van der Waals surface area contributed by atoms with E-state index in [-0.39, 0.29) is 11.3 Å². The summed E-state index contributed by atoms with van der Waals surface area (Å²) < 4.78 is 0. The zero-order valence-corrected chi connectivity index (χ0v) is 11.1. The van der Waals surface area contributed by atoms with Gasteiger partial charge >= 0.3 is 0 Å². The van der Waals surface area contributed by atoms with Crippen LogP contribution in [0.1, 0.15) is 40.0 Å². The molecule has 0 aromatic rings. The first-order valence-electron chi connectivity index (χ1n) is 6.58. The predicted octanol–water partition coefficient (Wildman–Crippen LogP) is 2.67. The monoisotopic (exact) mass is 236 g/mol. The predicted molar refractivity (Wildman–Crippen MR) is 69.5 cm³/mol. The first-order chi connectivity index (χ1) is 7.86. The molecule has 0 spiro atoms. The zero-order valence-electron chi connectivity index (χ0n) is 11.1. The van der Waals surface area contributed by atoms with Crippen molar-refractivity contribution in [1.82, 2.24) is 0 Å². The van der Waals surface area contributed by atoms with Gasteiger partial charge in [0.1, 0.15) is 0 Å². The Hall–Kier alpha value is -0.600. The SMILES string of the molecule is C=C(C)[C@@H]1CC=C2[C@H](O)C[C@@H](O)[C@H](C)[C@@]2(C)C1. The van der Waals surface area contributed by atoms with E-state index < -0.39 is 12.2 Å². The molecule has 1 saturated carbocycles. The highest BCUT2D eigenvalue weighted by atomic mass is 16.3. The van der Waals surface area contributed by atoms with Gasteiger partial charge in [-0.1, -0.05) is 32.1 Å². The molecule has 0 aromatic carbocycles. The second-order valence-electron chi connectivity index (χ2n) is 6.17. The van der Waals surface area contributed by atoms with E-state index in [0.29, 0.717) is 12.3 Å². The molecule has 2 heteroatoms. The van der Waals surface area contributed by atoms with Crippen molar-refractivity contribution >= 4 is 0 Å². The van der Waals surface area contributed by atoms with Crippen LogP contribution in [0.2, 0.25) is 0 Å². The Balaban J connectivity index is 2.35. The Morgan fingerprint density at radius 3 is 2.71 bits per heavy atom. The third-order valence-electron chi connectivity index (χ3n) is 5.06. The normalized spacial score (nSPS) is 46.1. The van der Waals surface area contributed by atoms with Gasteiger partial charge in [0.05, 0.1) is 12.2 Å². The smallest absolute Gasteiger partial charge is 0.0780 e. The summed E-state index contributed by atoms with van der Waals surface area (Å²) >= 11 is 0. The van der Waals surface area contributed by atoms with Gasteiger partial charge in [0.25, 0.3) is 0 Å². The van der Waals surface area contributed by atoms with Crippen LogP contribution >= 0.6 is 0 Å². The molecule has 96 valence electrons. The fourth-order valence-electron chi connectivity index (χ4n) is 3.54. The molecule has 1 fully saturated rings. The molecule has 2 aliphatic carbocycles. The van der Waals surface area contributed by atoms with E-state index in [0.717, 1.165) is 18.4 Å².